The summed E-state index contributed by atoms with van der Waals surface area (Å²) in [6.07, 6.45) is 5.63. The number of hydrogen-bond acceptors (Lipinski definition) is 5. The molecule has 0 amide bonds. The molecule has 1 aromatic heterocycles. The van der Waals surface area contributed by atoms with E-state index in [1.165, 1.54) is 0 Å². The molecule has 98 valence electrons. The van der Waals surface area contributed by atoms with Crippen LogP contribution in [0.5, 0.6) is 0 Å². The standard InChI is InChI=1S/C12H18N4OS/c13-11(18)10-5-6-14-15-12(10)16-7-1-3-9(16)4-2-8-17/h5-6,9,17H,1-4,7-8H2,(H2,13,18). The molecule has 0 radical (unpaired) electrons. The SMILES string of the molecule is NC(=S)c1ccnnc1N1CCCC1CCCO. The second-order valence-corrected chi connectivity index (χ2v) is 4.93. The number of aliphatic hydroxyl groups is 1. The number of anilines is 1. The maximum atomic E-state index is 8.94. The van der Waals surface area contributed by atoms with E-state index >= 15 is 0 Å². The number of nitrogens with two attached hydrogens (primary N) is 1. The maximum absolute atomic E-state index is 8.94. The molecule has 0 bridgehead atoms. The van der Waals surface area contributed by atoms with E-state index in [1.807, 2.05) is 6.07 Å². The topological polar surface area (TPSA) is 75.3 Å². The second-order valence-electron chi connectivity index (χ2n) is 4.49. The van der Waals surface area contributed by atoms with Crippen molar-refractivity contribution in [2.45, 2.75) is 31.7 Å². The monoisotopic (exact) mass is 266 g/mol. The number of nitrogens with zero attached hydrogens (tertiary/aromatic N) is 3. The van der Waals surface area contributed by atoms with Crippen LogP contribution in [0.1, 0.15) is 31.2 Å². The highest BCUT2D eigenvalue weighted by Gasteiger charge is 2.27. The second kappa shape index (κ2) is 6.06. The Kier molecular flexibility index (Phi) is 4.43. The van der Waals surface area contributed by atoms with Gasteiger partial charge in [0.1, 0.15) is 4.99 Å². The van der Waals surface area contributed by atoms with Gasteiger partial charge in [0.05, 0.1) is 11.8 Å². The van der Waals surface area contributed by atoms with Crippen LogP contribution in [0.15, 0.2) is 12.3 Å². The van der Waals surface area contributed by atoms with Crippen molar-refractivity contribution in [1.82, 2.24) is 10.2 Å². The molecule has 18 heavy (non-hydrogen) atoms. The maximum Gasteiger partial charge on any atom is 0.161 e. The third-order valence-corrected chi connectivity index (χ3v) is 3.53. The molecule has 1 aliphatic rings. The molecule has 0 spiro atoms. The van der Waals surface area contributed by atoms with Gasteiger partial charge in [-0.05, 0) is 31.7 Å². The average molecular weight is 266 g/mol. The molecule has 3 N–H and O–H groups in total. The van der Waals surface area contributed by atoms with Crippen LogP contribution >= 0.6 is 12.2 Å². The van der Waals surface area contributed by atoms with E-state index < -0.39 is 0 Å². The zero-order valence-electron chi connectivity index (χ0n) is 10.2. The van der Waals surface area contributed by atoms with E-state index in [2.05, 4.69) is 15.1 Å². The molecule has 1 aliphatic heterocycles. The first-order valence-electron chi connectivity index (χ1n) is 6.23. The van der Waals surface area contributed by atoms with Crippen LogP contribution in [0, 0.1) is 0 Å². The highest BCUT2D eigenvalue weighted by atomic mass is 32.1. The van der Waals surface area contributed by atoms with Crippen molar-refractivity contribution in [3.63, 3.8) is 0 Å². The van der Waals surface area contributed by atoms with E-state index in [9.17, 15) is 0 Å². The van der Waals surface area contributed by atoms with E-state index in [1.54, 1.807) is 6.20 Å². The van der Waals surface area contributed by atoms with E-state index in [4.69, 9.17) is 23.1 Å². The summed E-state index contributed by atoms with van der Waals surface area (Å²) in [5.74, 6) is 0.783. The Hall–Kier alpha value is -1.27. The fourth-order valence-electron chi connectivity index (χ4n) is 2.47. The summed E-state index contributed by atoms with van der Waals surface area (Å²) in [7, 11) is 0. The normalized spacial score (nSPS) is 19.2. The fraction of sp³-hybridized carbons (Fsp3) is 0.583. The summed E-state index contributed by atoms with van der Waals surface area (Å²) in [5, 5.41) is 17.1. The van der Waals surface area contributed by atoms with E-state index in [0.717, 1.165) is 43.6 Å². The minimum atomic E-state index is 0.229. The highest BCUT2D eigenvalue weighted by Crippen LogP contribution is 2.28. The lowest BCUT2D eigenvalue weighted by molar-refractivity contribution is 0.279. The fourth-order valence-corrected chi connectivity index (χ4v) is 2.63. The lowest BCUT2D eigenvalue weighted by atomic mass is 10.1. The third-order valence-electron chi connectivity index (χ3n) is 3.31. The summed E-state index contributed by atoms with van der Waals surface area (Å²) < 4.78 is 0. The van der Waals surface area contributed by atoms with Gasteiger partial charge < -0.3 is 15.7 Å². The van der Waals surface area contributed by atoms with Gasteiger partial charge in [0, 0.05) is 19.2 Å². The Morgan fingerprint density at radius 1 is 1.61 bits per heavy atom. The first-order valence-corrected chi connectivity index (χ1v) is 6.64. The molecule has 6 heteroatoms. The first kappa shape index (κ1) is 13.2. The molecule has 1 fully saturated rings. The average Bonchev–Trinajstić information content (AvgIpc) is 2.84. The first-order chi connectivity index (χ1) is 8.74. The number of thiocarbonyl (C=S) groups is 1. The van der Waals surface area contributed by atoms with Gasteiger partial charge in [0.25, 0.3) is 0 Å². The van der Waals surface area contributed by atoms with Crippen molar-refractivity contribution in [3.8, 4) is 0 Å². The number of hydrogen-bond donors (Lipinski definition) is 2. The number of rotatable bonds is 5. The molecule has 2 rings (SSSR count). The predicted molar refractivity (Wildman–Crippen MR) is 74.6 cm³/mol. The van der Waals surface area contributed by atoms with Crippen molar-refractivity contribution in [2.24, 2.45) is 5.73 Å². The molecule has 0 aliphatic carbocycles. The Balaban J connectivity index is 2.21. The van der Waals surface area contributed by atoms with Crippen LogP contribution in [0.4, 0.5) is 5.82 Å². The van der Waals surface area contributed by atoms with Crippen molar-refractivity contribution in [1.29, 1.82) is 0 Å². The van der Waals surface area contributed by atoms with Gasteiger partial charge in [0.2, 0.25) is 0 Å². The molecule has 1 aromatic rings. The van der Waals surface area contributed by atoms with Gasteiger partial charge in [-0.25, -0.2) is 0 Å². The Labute approximate surface area is 112 Å². The van der Waals surface area contributed by atoms with Crippen LogP contribution in [0.2, 0.25) is 0 Å². The minimum absolute atomic E-state index is 0.229. The summed E-state index contributed by atoms with van der Waals surface area (Å²) in [6.45, 7) is 1.18. The van der Waals surface area contributed by atoms with Gasteiger partial charge in [-0.1, -0.05) is 12.2 Å². The Bertz CT molecular complexity index is 426. The van der Waals surface area contributed by atoms with Crippen LogP contribution in [0.3, 0.4) is 0 Å². The lowest BCUT2D eigenvalue weighted by Gasteiger charge is -2.26. The summed E-state index contributed by atoms with van der Waals surface area (Å²) in [4.78, 5) is 2.57. The lowest BCUT2D eigenvalue weighted by Crippen LogP contribution is -2.32. The summed E-state index contributed by atoms with van der Waals surface area (Å²) >= 11 is 5.05. The summed E-state index contributed by atoms with van der Waals surface area (Å²) in [6, 6.07) is 2.22. The molecule has 1 saturated heterocycles. The van der Waals surface area contributed by atoms with Crippen LogP contribution < -0.4 is 10.6 Å². The quantitative estimate of drug-likeness (QED) is 0.770. The number of aromatic nitrogens is 2. The molecular weight excluding hydrogens is 248 g/mol. The Morgan fingerprint density at radius 2 is 2.44 bits per heavy atom. The van der Waals surface area contributed by atoms with Crippen molar-refractivity contribution < 1.29 is 5.11 Å². The molecule has 1 atom stereocenters. The molecule has 5 nitrogen and oxygen atoms in total. The summed E-state index contributed by atoms with van der Waals surface area (Å²) in [5.41, 5.74) is 6.51. The highest BCUT2D eigenvalue weighted by molar-refractivity contribution is 7.80. The van der Waals surface area contributed by atoms with Gasteiger partial charge in [-0.3, -0.25) is 0 Å². The van der Waals surface area contributed by atoms with Gasteiger partial charge in [0.15, 0.2) is 5.82 Å². The molecular formula is C12H18N4OS. The largest absolute Gasteiger partial charge is 0.396 e. The minimum Gasteiger partial charge on any atom is -0.396 e. The van der Waals surface area contributed by atoms with Crippen LogP contribution in [-0.2, 0) is 0 Å². The smallest absolute Gasteiger partial charge is 0.161 e. The van der Waals surface area contributed by atoms with Crippen molar-refractivity contribution in [2.75, 3.05) is 18.1 Å². The van der Waals surface area contributed by atoms with Crippen LogP contribution in [-0.4, -0.2) is 39.5 Å². The zero-order chi connectivity index (χ0) is 13.0. The van der Waals surface area contributed by atoms with E-state index in [0.29, 0.717) is 11.0 Å². The predicted octanol–water partition coefficient (Wildman–Crippen LogP) is 0.852. The van der Waals surface area contributed by atoms with Gasteiger partial charge >= 0.3 is 0 Å². The van der Waals surface area contributed by atoms with Gasteiger partial charge in [-0.2, -0.15) is 5.10 Å². The van der Waals surface area contributed by atoms with Crippen molar-refractivity contribution >= 4 is 23.0 Å². The zero-order valence-corrected chi connectivity index (χ0v) is 11.1. The molecule has 0 aromatic carbocycles. The van der Waals surface area contributed by atoms with Crippen molar-refractivity contribution in [3.05, 3.63) is 17.8 Å². The van der Waals surface area contributed by atoms with Crippen LogP contribution in [0.25, 0.3) is 0 Å². The molecule has 2 heterocycles. The molecule has 1 unspecified atom stereocenters. The Morgan fingerprint density at radius 3 is 3.17 bits per heavy atom. The number of aliphatic hydroxyl groups excluding tert-OH is 1. The third kappa shape index (κ3) is 2.76. The van der Waals surface area contributed by atoms with E-state index in [-0.39, 0.29) is 6.61 Å². The van der Waals surface area contributed by atoms with Gasteiger partial charge in [-0.15, -0.1) is 5.10 Å². The molecule has 0 saturated carbocycles.